The highest BCUT2D eigenvalue weighted by Crippen LogP contribution is 2.35. The molecular weight excluding hydrogens is 1260 g/mol. The number of aromatic nitrogens is 5. The number of aromatic amines is 1. The first kappa shape index (κ1) is 63.7. The summed E-state index contributed by atoms with van der Waals surface area (Å²) in [6.07, 6.45) is 0. The third kappa shape index (κ3) is 13.7. The topological polar surface area (TPSA) is 252 Å². The maximum atomic E-state index is 12.3. The van der Waals surface area contributed by atoms with Gasteiger partial charge in [0.25, 0.3) is 5.43 Å². The van der Waals surface area contributed by atoms with Gasteiger partial charge in [-0.25, -0.2) is 24.7 Å². The van der Waals surface area contributed by atoms with Gasteiger partial charge in [-0.3, -0.25) is 28.8 Å². The molecule has 6 aromatic carbocycles. The van der Waals surface area contributed by atoms with Gasteiger partial charge in [0.05, 0.1) is 73.4 Å². The number of nitrogens with zero attached hydrogens (tertiary/aromatic N) is 6. The van der Waals surface area contributed by atoms with Gasteiger partial charge in [0, 0.05) is 104 Å². The molecule has 16 rings (SSSR count). The number of carbonyl (C=O) groups is 1. The number of anilines is 3. The molecule has 0 bridgehead atoms. The van der Waals surface area contributed by atoms with E-state index in [9.17, 15) is 38.7 Å². The Morgan fingerprint density at radius 2 is 1.12 bits per heavy atom. The van der Waals surface area contributed by atoms with Crippen LogP contribution in [0.15, 0.2) is 226 Å². The van der Waals surface area contributed by atoms with Crippen LogP contribution in [0, 0.1) is 17.7 Å². The highest BCUT2D eigenvalue weighted by Gasteiger charge is 2.18. The lowest BCUT2D eigenvalue weighted by Gasteiger charge is -2.21. The maximum Gasteiger partial charge on any atom is 0.338 e. The van der Waals surface area contributed by atoms with E-state index in [0.717, 1.165) is 121 Å². The smallest absolute Gasteiger partial charge is 0.338 e. The molecule has 5 heterocycles. The molecule has 0 spiro atoms. The van der Waals surface area contributed by atoms with Crippen LogP contribution >= 0.6 is 34.0 Å². The van der Waals surface area contributed by atoms with E-state index in [-0.39, 0.29) is 38.0 Å². The normalized spacial score (nSPS) is 11.1. The monoisotopic (exact) mass is 1310 g/mol. The molecule has 95 heavy (non-hydrogen) atoms. The van der Waals surface area contributed by atoms with Gasteiger partial charge >= 0.3 is 5.97 Å². The maximum absolute atomic E-state index is 12.3. The lowest BCUT2D eigenvalue weighted by atomic mass is 10.0. The summed E-state index contributed by atoms with van der Waals surface area (Å²) in [6.45, 7) is 10.6. The Hall–Kier alpha value is -11.4. The van der Waals surface area contributed by atoms with E-state index in [1.165, 1.54) is 6.07 Å². The van der Waals surface area contributed by atoms with E-state index in [1.54, 1.807) is 94.7 Å². The summed E-state index contributed by atoms with van der Waals surface area (Å²) in [5, 5.41) is 13.8. The summed E-state index contributed by atoms with van der Waals surface area (Å²) in [6, 6.07) is 56.7. The number of H-pyrrole nitrogens is 1. The standard InChI is InChI=1S/C20H18N2O2.C15H12N2O5.C14H12N2OS.C13H9NOS.C12H7NOS/c1-3-22(4-2)13-9-10-16-18(11-13)24-19-12-17(23)14-7-5-6-8-15(14)20(19)21-16;1-2-16-7-3-4-9-11(5-7)22-14-12(17-9)8(15(20)21)6-10(18)13(14)19;1-16(2)9-3-5-11-13(7-9)18-14-8-10(17)4-6-12(14)15-11;1-8-6-10-13(7-11(8)15)16-12-5-3-2-4-9(12)14-10;14-8-5-6-10-12(7-8)15-11-4-2-1-3-9(11)13-10/h5-12H,3-4H2,1-2H3;3-6,16-17H,2H2,1H3,(H,20,21);3-8H,1-2H3;2-7H,1H3;1-7H. The molecule has 10 aliphatic rings. The minimum Gasteiger partial charge on any atom is -0.478 e. The third-order valence-corrected chi connectivity index (χ3v) is 18.7. The molecule has 5 aliphatic carbocycles. The molecule has 0 fully saturated rings. The summed E-state index contributed by atoms with van der Waals surface area (Å²) < 4.78 is 14.8. The van der Waals surface area contributed by atoms with Crippen molar-refractivity contribution in [3.05, 3.63) is 271 Å². The highest BCUT2D eigenvalue weighted by molar-refractivity contribution is 7.22. The predicted octanol–water partition coefficient (Wildman–Crippen LogP) is 14.3. The van der Waals surface area contributed by atoms with Gasteiger partial charge in [-0.2, -0.15) is 0 Å². The second kappa shape index (κ2) is 27.4. The average molecular weight is 1320 g/mol. The van der Waals surface area contributed by atoms with Crippen molar-refractivity contribution in [3.63, 3.8) is 0 Å². The fraction of sp³-hybridized carbons (Fsp3) is 0.122. The Labute approximate surface area is 552 Å². The van der Waals surface area contributed by atoms with E-state index < -0.39 is 16.8 Å². The molecule has 0 atom stereocenters. The average Bonchev–Trinajstić information content (AvgIpc) is 0.776. The summed E-state index contributed by atoms with van der Waals surface area (Å²) in [4.78, 5) is 110. The Morgan fingerprint density at radius 3 is 1.76 bits per heavy atom. The first-order chi connectivity index (χ1) is 45.9. The molecular formula is C74H58N8O10S3. The van der Waals surface area contributed by atoms with Crippen molar-refractivity contribution in [2.75, 3.05) is 48.8 Å². The number of hydrogen-bond donors (Lipinski definition) is 3. The lowest BCUT2D eigenvalue weighted by molar-refractivity contribution is 0.0694. The molecule has 0 saturated heterocycles. The van der Waals surface area contributed by atoms with Gasteiger partial charge in [0.2, 0.25) is 10.8 Å². The number of carboxylic acid groups (broad SMARTS) is 1. The van der Waals surface area contributed by atoms with Crippen LogP contribution in [0.5, 0.6) is 0 Å². The van der Waals surface area contributed by atoms with Crippen molar-refractivity contribution in [1.29, 1.82) is 0 Å². The molecule has 21 heteroatoms. The van der Waals surface area contributed by atoms with Crippen molar-refractivity contribution in [2.24, 2.45) is 0 Å². The Balaban J connectivity index is 0.000000115. The van der Waals surface area contributed by atoms with Crippen molar-refractivity contribution in [1.82, 2.24) is 24.9 Å². The number of hydrogen-bond acceptors (Lipinski definition) is 19. The van der Waals surface area contributed by atoms with Gasteiger partial charge in [0.15, 0.2) is 38.6 Å². The second-order valence-corrected chi connectivity index (χ2v) is 25.3. The van der Waals surface area contributed by atoms with Gasteiger partial charge in [-0.1, -0.05) is 48.5 Å². The van der Waals surface area contributed by atoms with Crippen LogP contribution in [0.4, 0.5) is 17.1 Å². The van der Waals surface area contributed by atoms with Crippen molar-refractivity contribution < 1.29 is 18.7 Å². The first-order valence-electron chi connectivity index (χ1n) is 30.2. The van der Waals surface area contributed by atoms with E-state index >= 15 is 0 Å². The van der Waals surface area contributed by atoms with Crippen LogP contribution in [0.25, 0.3) is 107 Å². The highest BCUT2D eigenvalue weighted by atomic mass is 32.1. The molecule has 0 saturated carbocycles. The zero-order valence-corrected chi connectivity index (χ0v) is 54.5. The number of aromatic carboxylic acids is 1. The van der Waals surface area contributed by atoms with Crippen molar-refractivity contribution in [2.45, 2.75) is 27.7 Å². The minimum atomic E-state index is -1.31. The third-order valence-electron chi connectivity index (χ3n) is 15.4. The lowest BCUT2D eigenvalue weighted by Crippen LogP contribution is -2.26. The molecule has 0 radical (unpaired) electrons. The van der Waals surface area contributed by atoms with Crippen LogP contribution in [-0.2, 0) is 0 Å². The predicted molar refractivity (Wildman–Crippen MR) is 384 cm³/mol. The minimum absolute atomic E-state index is 0.000741. The van der Waals surface area contributed by atoms with Crippen LogP contribution < -0.4 is 47.7 Å². The number of benzene rings is 10. The number of rotatable bonds is 7. The summed E-state index contributed by atoms with van der Waals surface area (Å²) in [5.74, 6) is -0.778. The van der Waals surface area contributed by atoms with E-state index in [2.05, 4.69) is 67.1 Å². The van der Waals surface area contributed by atoms with E-state index in [0.29, 0.717) is 34.4 Å². The second-order valence-electron chi connectivity index (χ2n) is 22.0. The van der Waals surface area contributed by atoms with Gasteiger partial charge in [-0.15, -0.1) is 34.0 Å². The molecule has 472 valence electrons. The molecule has 0 aromatic heterocycles. The number of carboxylic acids is 1. The molecule has 3 N–H and O–H groups in total. The zero-order chi connectivity index (χ0) is 66.6. The number of para-hydroxylation sites is 2. The number of nitrogens with one attached hydrogen (secondary N) is 2. The van der Waals surface area contributed by atoms with E-state index in [1.807, 2.05) is 125 Å². The quantitative estimate of drug-likeness (QED) is 0.0762. The van der Waals surface area contributed by atoms with Gasteiger partial charge < -0.3 is 34.0 Å². The molecule has 0 unspecified atom stereocenters. The summed E-state index contributed by atoms with van der Waals surface area (Å²) >= 11 is 4.82. The van der Waals surface area contributed by atoms with Crippen LogP contribution in [0.2, 0.25) is 0 Å². The van der Waals surface area contributed by atoms with Crippen molar-refractivity contribution >= 4 is 121 Å². The summed E-state index contributed by atoms with van der Waals surface area (Å²) in [7, 11) is 4.02. The Kier molecular flexibility index (Phi) is 18.4. The Morgan fingerprint density at radius 1 is 0.526 bits per heavy atom. The largest absolute Gasteiger partial charge is 0.478 e. The SMILES string of the molecule is CCN(CC)c1ccc2nc3c4ccccc4c(=O)cc-3oc2c1.CCNc1ccc2[nH]c3c(C(=O)O)cc(=O)c(=O)c=3oc2c1.CN(C)c1ccc2nc3ccc(=O)cc-3sc2c1.Cc1cc2nc3ccccc3sc-2cc1=O.O=c1ccc2nc3ccccc3sc-2c1. The fourth-order valence-corrected chi connectivity index (χ4v) is 13.6. The van der Waals surface area contributed by atoms with Gasteiger partial charge in [-0.05, 0) is 130 Å². The Bertz CT molecular complexity index is 5900. The van der Waals surface area contributed by atoms with Crippen LogP contribution in [0.3, 0.4) is 0 Å². The first-order valence-corrected chi connectivity index (χ1v) is 32.6. The number of fused-ring (bicyclic) bond motifs is 11. The molecule has 18 nitrogen and oxygen atoms in total. The zero-order valence-electron chi connectivity index (χ0n) is 52.0. The van der Waals surface area contributed by atoms with Crippen molar-refractivity contribution in [3.8, 4) is 43.2 Å². The molecule has 6 aromatic rings. The summed E-state index contributed by atoms with van der Waals surface area (Å²) in [5.41, 5.74) is 10.2. The van der Waals surface area contributed by atoms with E-state index in [4.69, 9.17) is 13.8 Å². The molecule has 5 aliphatic heterocycles. The fourth-order valence-electron chi connectivity index (χ4n) is 10.6. The van der Waals surface area contributed by atoms with Crippen LogP contribution in [-0.4, -0.2) is 69.7 Å². The van der Waals surface area contributed by atoms with Gasteiger partial charge in [0.1, 0.15) is 16.6 Å². The molecule has 0 amide bonds. The van der Waals surface area contributed by atoms with Crippen LogP contribution in [0.1, 0.15) is 36.7 Å². The number of aryl methyl sites for hydroxylation is 1.